The molecule has 2 heterocycles. The molecule has 5 nitrogen and oxygen atoms in total. The smallest absolute Gasteiger partial charge is 0.243 e. The Morgan fingerprint density at radius 2 is 1.92 bits per heavy atom. The Bertz CT molecular complexity index is 678. The number of halogens is 2. The average Bonchev–Trinajstić information content (AvgIpc) is 2.93. The van der Waals surface area contributed by atoms with Gasteiger partial charge in [0.05, 0.1) is 11.0 Å². The molecule has 0 amide bonds. The number of hydrogen-bond donors (Lipinski definition) is 0. The van der Waals surface area contributed by atoms with Crippen LogP contribution in [-0.4, -0.2) is 63.1 Å². The molecule has 24 heavy (non-hydrogen) atoms. The Morgan fingerprint density at radius 1 is 1.08 bits per heavy atom. The van der Waals surface area contributed by atoms with Crippen LogP contribution in [-0.2, 0) is 14.8 Å². The molecule has 0 unspecified atom stereocenters. The van der Waals surface area contributed by atoms with Gasteiger partial charge in [-0.3, -0.25) is 4.90 Å². The van der Waals surface area contributed by atoms with Crippen molar-refractivity contribution >= 4 is 10.0 Å². The van der Waals surface area contributed by atoms with Crippen molar-refractivity contribution in [1.82, 2.24) is 9.21 Å². The van der Waals surface area contributed by atoms with Gasteiger partial charge in [0, 0.05) is 32.8 Å². The molecular weight excluding hydrogens is 338 g/mol. The highest BCUT2D eigenvalue weighted by Crippen LogP contribution is 2.21. The van der Waals surface area contributed by atoms with Crippen LogP contribution in [0.25, 0.3) is 0 Å². The lowest BCUT2D eigenvalue weighted by atomic mass is 10.2. The van der Waals surface area contributed by atoms with Crippen LogP contribution in [0.15, 0.2) is 23.1 Å². The first-order chi connectivity index (χ1) is 11.5. The SMILES string of the molecule is O=S(=O)(c1ccc(F)c(F)c1)N1CCCN(C[C@H]2CCCO2)CC1. The fourth-order valence-electron chi connectivity index (χ4n) is 3.23. The number of nitrogens with zero attached hydrogens (tertiary/aromatic N) is 2. The number of rotatable bonds is 4. The Balaban J connectivity index is 1.66. The van der Waals surface area contributed by atoms with E-state index in [0.717, 1.165) is 50.7 Å². The minimum absolute atomic E-state index is 0.200. The van der Waals surface area contributed by atoms with Gasteiger partial charge in [0.15, 0.2) is 11.6 Å². The van der Waals surface area contributed by atoms with Crippen LogP contribution < -0.4 is 0 Å². The number of ether oxygens (including phenoxy) is 1. The van der Waals surface area contributed by atoms with Gasteiger partial charge in [-0.15, -0.1) is 0 Å². The Hall–Kier alpha value is -1.09. The minimum Gasteiger partial charge on any atom is -0.377 e. The monoisotopic (exact) mass is 360 g/mol. The van der Waals surface area contributed by atoms with Crippen LogP contribution in [0.1, 0.15) is 19.3 Å². The van der Waals surface area contributed by atoms with E-state index in [1.54, 1.807) is 0 Å². The van der Waals surface area contributed by atoms with Crippen molar-refractivity contribution < 1.29 is 21.9 Å². The molecule has 1 aromatic carbocycles. The van der Waals surface area contributed by atoms with Gasteiger partial charge in [-0.2, -0.15) is 4.31 Å². The zero-order valence-electron chi connectivity index (χ0n) is 13.5. The molecule has 2 fully saturated rings. The zero-order valence-corrected chi connectivity index (χ0v) is 14.3. The third-order valence-electron chi connectivity index (χ3n) is 4.56. The van der Waals surface area contributed by atoms with Gasteiger partial charge in [-0.25, -0.2) is 17.2 Å². The van der Waals surface area contributed by atoms with Gasteiger partial charge in [-0.1, -0.05) is 0 Å². The summed E-state index contributed by atoms with van der Waals surface area (Å²) in [6, 6.07) is 2.71. The van der Waals surface area contributed by atoms with Crippen molar-refractivity contribution in [2.24, 2.45) is 0 Å². The molecule has 0 aromatic heterocycles. The third kappa shape index (κ3) is 3.93. The second-order valence-corrected chi connectivity index (χ2v) is 8.21. The molecule has 2 saturated heterocycles. The fraction of sp³-hybridized carbons (Fsp3) is 0.625. The summed E-state index contributed by atoms with van der Waals surface area (Å²) in [5.41, 5.74) is 0. The number of sulfonamides is 1. The lowest BCUT2D eigenvalue weighted by Gasteiger charge is -2.24. The van der Waals surface area contributed by atoms with Gasteiger partial charge in [0.1, 0.15) is 0 Å². The summed E-state index contributed by atoms with van der Waals surface area (Å²) < 4.78 is 58.7. The van der Waals surface area contributed by atoms with E-state index in [9.17, 15) is 17.2 Å². The maximum absolute atomic E-state index is 13.4. The Kier molecular flexibility index (Phi) is 5.49. The molecule has 0 aliphatic carbocycles. The molecule has 0 radical (unpaired) electrons. The maximum Gasteiger partial charge on any atom is 0.243 e. The number of hydrogen-bond acceptors (Lipinski definition) is 4. The van der Waals surface area contributed by atoms with Crippen LogP contribution in [0.2, 0.25) is 0 Å². The van der Waals surface area contributed by atoms with E-state index in [-0.39, 0.29) is 11.0 Å². The fourth-order valence-corrected chi connectivity index (χ4v) is 4.71. The highest BCUT2D eigenvalue weighted by atomic mass is 32.2. The quantitative estimate of drug-likeness (QED) is 0.822. The van der Waals surface area contributed by atoms with E-state index in [0.29, 0.717) is 26.1 Å². The van der Waals surface area contributed by atoms with Crippen molar-refractivity contribution in [3.05, 3.63) is 29.8 Å². The second-order valence-electron chi connectivity index (χ2n) is 6.27. The van der Waals surface area contributed by atoms with Crippen molar-refractivity contribution in [2.45, 2.75) is 30.3 Å². The summed E-state index contributed by atoms with van der Waals surface area (Å²) in [5.74, 6) is -2.20. The molecular formula is C16H22F2N2O3S. The lowest BCUT2D eigenvalue weighted by Crippen LogP contribution is -2.37. The highest BCUT2D eigenvalue weighted by molar-refractivity contribution is 7.89. The first-order valence-electron chi connectivity index (χ1n) is 8.26. The van der Waals surface area contributed by atoms with Crippen molar-refractivity contribution in [1.29, 1.82) is 0 Å². The Labute approximate surface area is 141 Å². The molecule has 0 spiro atoms. The van der Waals surface area contributed by atoms with Gasteiger partial charge in [-0.05, 0) is 44.0 Å². The summed E-state index contributed by atoms with van der Waals surface area (Å²) >= 11 is 0. The molecule has 0 bridgehead atoms. The van der Waals surface area contributed by atoms with Gasteiger partial charge < -0.3 is 4.74 Å². The molecule has 1 atom stereocenters. The van der Waals surface area contributed by atoms with Crippen LogP contribution in [0.3, 0.4) is 0 Å². The molecule has 1 aromatic rings. The molecule has 3 rings (SSSR count). The minimum atomic E-state index is -3.81. The zero-order chi connectivity index (χ0) is 17.2. The highest BCUT2D eigenvalue weighted by Gasteiger charge is 2.28. The molecule has 0 N–H and O–H groups in total. The largest absolute Gasteiger partial charge is 0.377 e. The first kappa shape index (κ1) is 17.7. The van der Waals surface area contributed by atoms with E-state index in [1.807, 2.05) is 0 Å². The predicted octanol–water partition coefficient (Wildman–Crippen LogP) is 1.84. The van der Waals surface area contributed by atoms with E-state index in [1.165, 1.54) is 4.31 Å². The average molecular weight is 360 g/mol. The Morgan fingerprint density at radius 3 is 2.62 bits per heavy atom. The van der Waals surface area contributed by atoms with Crippen molar-refractivity contribution in [3.63, 3.8) is 0 Å². The van der Waals surface area contributed by atoms with Crippen LogP contribution >= 0.6 is 0 Å². The van der Waals surface area contributed by atoms with Gasteiger partial charge in [0.2, 0.25) is 10.0 Å². The van der Waals surface area contributed by atoms with E-state index in [4.69, 9.17) is 4.74 Å². The topological polar surface area (TPSA) is 49.9 Å². The molecule has 2 aliphatic heterocycles. The summed E-state index contributed by atoms with van der Waals surface area (Å²) in [5, 5.41) is 0. The standard InChI is InChI=1S/C16H22F2N2O3S/c17-15-5-4-14(11-16(15)18)24(21,22)20-7-2-6-19(8-9-20)12-13-3-1-10-23-13/h4-5,11,13H,1-3,6-10,12H2/t13-/m1/s1. The third-order valence-corrected chi connectivity index (χ3v) is 6.46. The predicted molar refractivity (Wildman–Crippen MR) is 85.1 cm³/mol. The lowest BCUT2D eigenvalue weighted by molar-refractivity contribution is 0.0749. The van der Waals surface area contributed by atoms with Crippen molar-refractivity contribution in [2.75, 3.05) is 39.3 Å². The van der Waals surface area contributed by atoms with E-state index in [2.05, 4.69) is 4.90 Å². The van der Waals surface area contributed by atoms with Gasteiger partial charge in [0.25, 0.3) is 0 Å². The van der Waals surface area contributed by atoms with Gasteiger partial charge >= 0.3 is 0 Å². The molecule has 2 aliphatic rings. The van der Waals surface area contributed by atoms with E-state index < -0.39 is 21.7 Å². The maximum atomic E-state index is 13.4. The molecule has 134 valence electrons. The second kappa shape index (κ2) is 7.43. The summed E-state index contributed by atoms with van der Waals surface area (Å²) in [6.07, 6.45) is 3.07. The first-order valence-corrected chi connectivity index (χ1v) is 9.70. The molecule has 0 saturated carbocycles. The van der Waals surface area contributed by atoms with Crippen LogP contribution in [0, 0.1) is 11.6 Å². The summed E-state index contributed by atoms with van der Waals surface area (Å²) in [4.78, 5) is 2.02. The van der Waals surface area contributed by atoms with Crippen LogP contribution in [0.4, 0.5) is 8.78 Å². The number of benzene rings is 1. The summed E-state index contributed by atoms with van der Waals surface area (Å²) in [6.45, 7) is 3.76. The van der Waals surface area contributed by atoms with Crippen LogP contribution in [0.5, 0.6) is 0 Å². The normalized spacial score (nSPS) is 24.2. The molecule has 8 heteroatoms. The summed E-state index contributed by atoms with van der Waals surface area (Å²) in [7, 11) is -3.81. The van der Waals surface area contributed by atoms with Crippen molar-refractivity contribution in [3.8, 4) is 0 Å². The van der Waals surface area contributed by atoms with E-state index >= 15 is 0 Å².